The van der Waals surface area contributed by atoms with E-state index in [9.17, 15) is 0 Å². The van der Waals surface area contributed by atoms with Gasteiger partial charge in [0.05, 0.1) is 11.2 Å². The maximum atomic E-state index is 5.94. The zero-order valence-electron chi connectivity index (χ0n) is 6.42. The monoisotopic (exact) mass is 168 g/mol. The van der Waals surface area contributed by atoms with Gasteiger partial charge in [0.2, 0.25) is 0 Å². The molecule has 11 heavy (non-hydrogen) atoms. The van der Waals surface area contributed by atoms with E-state index in [1.165, 1.54) is 18.5 Å². The van der Waals surface area contributed by atoms with Crippen LogP contribution in [0.1, 0.15) is 25.0 Å². The number of hydrogen-bond acceptors (Lipinski definition) is 3. The van der Waals surface area contributed by atoms with Crippen LogP contribution in [0.3, 0.4) is 0 Å². The normalized spacial score (nSPS) is 20.1. The summed E-state index contributed by atoms with van der Waals surface area (Å²) >= 11 is 1.66. The summed E-state index contributed by atoms with van der Waals surface area (Å²) in [6, 6.07) is 0. The predicted octanol–water partition coefficient (Wildman–Crippen LogP) is 1.57. The lowest BCUT2D eigenvalue weighted by Crippen LogP contribution is -2.22. The molecule has 2 nitrogen and oxygen atoms in total. The van der Waals surface area contributed by atoms with E-state index in [1.54, 1.807) is 11.3 Å². The topological polar surface area (TPSA) is 38.9 Å². The summed E-state index contributed by atoms with van der Waals surface area (Å²) in [6.07, 6.45) is 4.57. The molecule has 0 saturated heterocycles. The van der Waals surface area contributed by atoms with Gasteiger partial charge in [-0.15, -0.1) is 11.3 Å². The second-order valence-corrected chi connectivity index (χ2v) is 4.06. The van der Waals surface area contributed by atoms with Crippen LogP contribution >= 0.6 is 11.3 Å². The van der Waals surface area contributed by atoms with Gasteiger partial charge >= 0.3 is 0 Å². The van der Waals surface area contributed by atoms with Gasteiger partial charge in [0, 0.05) is 10.9 Å². The van der Waals surface area contributed by atoms with E-state index < -0.39 is 0 Å². The molecule has 1 aromatic rings. The van der Waals surface area contributed by atoms with Gasteiger partial charge in [0.25, 0.3) is 0 Å². The van der Waals surface area contributed by atoms with E-state index in [0.29, 0.717) is 0 Å². The van der Waals surface area contributed by atoms with Crippen molar-refractivity contribution in [2.45, 2.75) is 31.2 Å². The molecule has 1 aromatic heterocycles. The van der Waals surface area contributed by atoms with Gasteiger partial charge in [-0.3, -0.25) is 0 Å². The molecule has 2 rings (SSSR count). The molecule has 0 radical (unpaired) electrons. The van der Waals surface area contributed by atoms with Gasteiger partial charge in [0.15, 0.2) is 0 Å². The number of nitrogens with zero attached hydrogens (tertiary/aromatic N) is 1. The molecule has 0 bridgehead atoms. The summed E-state index contributed by atoms with van der Waals surface area (Å²) in [6.45, 7) is 0. The third-order valence-corrected chi connectivity index (χ3v) is 2.89. The number of thiazole rings is 1. The molecule has 1 fully saturated rings. The van der Waals surface area contributed by atoms with Crippen LogP contribution in [0.5, 0.6) is 0 Å². The summed E-state index contributed by atoms with van der Waals surface area (Å²) in [7, 11) is 0. The Morgan fingerprint density at radius 1 is 1.64 bits per heavy atom. The van der Waals surface area contributed by atoms with Gasteiger partial charge in [-0.2, -0.15) is 0 Å². The van der Waals surface area contributed by atoms with Gasteiger partial charge in [-0.1, -0.05) is 0 Å². The van der Waals surface area contributed by atoms with Gasteiger partial charge in [0.1, 0.15) is 0 Å². The maximum absolute atomic E-state index is 5.94. The van der Waals surface area contributed by atoms with Crippen LogP contribution in [0.15, 0.2) is 10.9 Å². The van der Waals surface area contributed by atoms with E-state index in [-0.39, 0.29) is 5.54 Å². The predicted molar refractivity (Wildman–Crippen MR) is 46.6 cm³/mol. The lowest BCUT2D eigenvalue weighted by molar-refractivity contribution is 0.604. The highest BCUT2D eigenvalue weighted by Crippen LogP contribution is 2.36. The van der Waals surface area contributed by atoms with Crippen LogP contribution in [0.25, 0.3) is 0 Å². The molecule has 1 aliphatic carbocycles. The molecule has 2 N–H and O–H groups in total. The molecule has 1 aliphatic rings. The number of rotatable bonds is 3. The summed E-state index contributed by atoms with van der Waals surface area (Å²) in [4.78, 5) is 4.21. The molecule has 0 aliphatic heterocycles. The Kier molecular flexibility index (Phi) is 1.69. The summed E-state index contributed by atoms with van der Waals surface area (Å²) in [5, 5.41) is 2.10. The molecule has 0 spiro atoms. The number of nitrogens with two attached hydrogens (primary N) is 1. The first-order valence-electron chi connectivity index (χ1n) is 3.94. The third-order valence-electron chi connectivity index (χ3n) is 2.25. The molecule has 0 unspecified atom stereocenters. The molecule has 60 valence electrons. The van der Waals surface area contributed by atoms with E-state index in [0.717, 1.165) is 12.8 Å². The molecule has 0 aromatic carbocycles. The molecule has 1 heterocycles. The zero-order valence-corrected chi connectivity index (χ0v) is 7.23. The third kappa shape index (κ3) is 1.79. The first-order chi connectivity index (χ1) is 5.29. The average Bonchev–Trinajstić information content (AvgIpc) is 2.53. The fourth-order valence-corrected chi connectivity index (χ4v) is 1.74. The van der Waals surface area contributed by atoms with Crippen LogP contribution in [-0.2, 0) is 6.42 Å². The molecular formula is C8H12N2S. The summed E-state index contributed by atoms with van der Waals surface area (Å²) in [5.74, 6) is 0. The van der Waals surface area contributed by atoms with Gasteiger partial charge < -0.3 is 5.73 Å². The van der Waals surface area contributed by atoms with Crippen molar-refractivity contribution in [2.75, 3.05) is 0 Å². The van der Waals surface area contributed by atoms with Crippen molar-refractivity contribution in [1.29, 1.82) is 0 Å². The maximum Gasteiger partial charge on any atom is 0.0794 e. The Bertz CT molecular complexity index is 226. The molecule has 3 heteroatoms. The minimum atomic E-state index is 0.184. The summed E-state index contributed by atoms with van der Waals surface area (Å²) < 4.78 is 0. The van der Waals surface area contributed by atoms with Crippen LogP contribution < -0.4 is 5.73 Å². The standard InChI is InChI=1S/C8H12N2S/c9-8(3-4-8)2-1-7-5-11-6-10-7/h5-6H,1-4,9H2. The SMILES string of the molecule is NC1(CCc2cscn2)CC1. The number of hydrogen-bond donors (Lipinski definition) is 1. The van der Waals surface area contributed by atoms with Gasteiger partial charge in [-0.05, 0) is 25.7 Å². The largest absolute Gasteiger partial charge is 0.325 e. The molecular weight excluding hydrogens is 156 g/mol. The van der Waals surface area contributed by atoms with Crippen molar-refractivity contribution in [1.82, 2.24) is 4.98 Å². The first kappa shape index (κ1) is 7.25. The molecule has 0 amide bonds. The lowest BCUT2D eigenvalue weighted by atomic mass is 10.1. The summed E-state index contributed by atoms with van der Waals surface area (Å²) in [5.41, 5.74) is 9.20. The Morgan fingerprint density at radius 3 is 3.00 bits per heavy atom. The Hall–Kier alpha value is -0.410. The van der Waals surface area contributed by atoms with Crippen LogP contribution in [0, 0.1) is 0 Å². The minimum absolute atomic E-state index is 0.184. The highest BCUT2D eigenvalue weighted by molar-refractivity contribution is 7.07. The van der Waals surface area contributed by atoms with E-state index >= 15 is 0 Å². The molecule has 0 atom stereocenters. The van der Waals surface area contributed by atoms with Crippen molar-refractivity contribution < 1.29 is 0 Å². The lowest BCUT2D eigenvalue weighted by Gasteiger charge is -2.04. The quantitative estimate of drug-likeness (QED) is 0.744. The van der Waals surface area contributed by atoms with E-state index in [1.807, 2.05) is 5.51 Å². The first-order valence-corrected chi connectivity index (χ1v) is 4.89. The second-order valence-electron chi connectivity index (χ2n) is 3.34. The van der Waals surface area contributed by atoms with Crippen molar-refractivity contribution in [3.8, 4) is 0 Å². The number of aromatic nitrogens is 1. The van der Waals surface area contributed by atoms with Gasteiger partial charge in [-0.25, -0.2) is 4.98 Å². The Morgan fingerprint density at radius 2 is 2.45 bits per heavy atom. The fourth-order valence-electron chi connectivity index (χ4n) is 1.15. The highest BCUT2D eigenvalue weighted by atomic mass is 32.1. The van der Waals surface area contributed by atoms with Crippen molar-refractivity contribution in [3.63, 3.8) is 0 Å². The van der Waals surface area contributed by atoms with Crippen molar-refractivity contribution in [3.05, 3.63) is 16.6 Å². The fraction of sp³-hybridized carbons (Fsp3) is 0.625. The smallest absolute Gasteiger partial charge is 0.0794 e. The van der Waals surface area contributed by atoms with E-state index in [2.05, 4.69) is 10.4 Å². The van der Waals surface area contributed by atoms with Crippen LogP contribution in [-0.4, -0.2) is 10.5 Å². The Balaban J connectivity index is 1.83. The van der Waals surface area contributed by atoms with Crippen molar-refractivity contribution in [2.24, 2.45) is 5.73 Å². The highest BCUT2D eigenvalue weighted by Gasteiger charge is 2.37. The number of aryl methyl sites for hydroxylation is 1. The minimum Gasteiger partial charge on any atom is -0.325 e. The van der Waals surface area contributed by atoms with Crippen LogP contribution in [0.2, 0.25) is 0 Å². The Labute approximate surface area is 70.5 Å². The zero-order chi connectivity index (χ0) is 7.73. The second kappa shape index (κ2) is 2.57. The van der Waals surface area contributed by atoms with E-state index in [4.69, 9.17) is 5.73 Å². The van der Waals surface area contributed by atoms with Crippen LogP contribution in [0.4, 0.5) is 0 Å². The molecule has 1 saturated carbocycles. The average molecular weight is 168 g/mol. The van der Waals surface area contributed by atoms with Crippen molar-refractivity contribution >= 4 is 11.3 Å².